The average molecular weight is 304 g/mol. The molecule has 3 N–H and O–H groups in total. The zero-order chi connectivity index (χ0) is 14.6. The van der Waals surface area contributed by atoms with Gasteiger partial charge in [-0.15, -0.1) is 0 Å². The van der Waals surface area contributed by atoms with Crippen molar-refractivity contribution in [1.82, 2.24) is 13.9 Å². The topological polar surface area (TPSA) is 95.7 Å². The summed E-state index contributed by atoms with van der Waals surface area (Å²) < 4.78 is 28.3. The van der Waals surface area contributed by atoms with E-state index in [1.165, 1.54) is 8.61 Å². The molecule has 0 aromatic heterocycles. The van der Waals surface area contributed by atoms with Crippen LogP contribution in [0.3, 0.4) is 0 Å². The Bertz CT molecular complexity index is 428. The Morgan fingerprint density at radius 3 is 2.35 bits per heavy atom. The quantitative estimate of drug-likeness (QED) is 0.699. The van der Waals surface area contributed by atoms with Crippen molar-refractivity contribution in [2.75, 3.05) is 32.7 Å². The number of hydrogen-bond acceptors (Lipinski definition) is 4. The van der Waals surface area contributed by atoms with Crippen molar-refractivity contribution in [2.45, 2.75) is 38.1 Å². The lowest BCUT2D eigenvalue weighted by Gasteiger charge is -2.37. The second-order valence-corrected chi connectivity index (χ2v) is 7.34. The molecule has 0 aromatic rings. The van der Waals surface area contributed by atoms with Crippen molar-refractivity contribution in [2.24, 2.45) is 5.73 Å². The summed E-state index contributed by atoms with van der Waals surface area (Å²) >= 11 is 0. The lowest BCUT2D eigenvalue weighted by atomic mass is 10.1. The highest BCUT2D eigenvalue weighted by atomic mass is 32.2. The van der Waals surface area contributed by atoms with E-state index >= 15 is 0 Å². The summed E-state index contributed by atoms with van der Waals surface area (Å²) in [6, 6.07) is -0.129. The molecule has 8 heteroatoms. The number of piperidine rings is 2. The summed E-state index contributed by atoms with van der Waals surface area (Å²) in [4.78, 5) is 11.3. The Labute approximate surface area is 120 Å². The minimum atomic E-state index is -3.58. The summed E-state index contributed by atoms with van der Waals surface area (Å²) in [6.07, 6.45) is 4.28. The Kier molecular flexibility index (Phi) is 5.36. The van der Waals surface area contributed by atoms with Crippen LogP contribution in [0.25, 0.3) is 0 Å². The first-order chi connectivity index (χ1) is 9.51. The summed E-state index contributed by atoms with van der Waals surface area (Å²) in [6.45, 7) is 2.42. The molecule has 2 rings (SSSR count). The fourth-order valence-corrected chi connectivity index (χ4v) is 4.79. The molecule has 2 heterocycles. The summed E-state index contributed by atoms with van der Waals surface area (Å²) in [5, 5.41) is 3.20. The number of primary amides is 1. The zero-order valence-corrected chi connectivity index (χ0v) is 12.6. The first kappa shape index (κ1) is 15.7. The molecule has 0 aromatic carbocycles. The second kappa shape index (κ2) is 6.84. The number of rotatable bonds is 5. The van der Waals surface area contributed by atoms with Crippen LogP contribution in [0.5, 0.6) is 0 Å². The van der Waals surface area contributed by atoms with Gasteiger partial charge in [0.05, 0.1) is 6.54 Å². The van der Waals surface area contributed by atoms with Crippen LogP contribution in [0.1, 0.15) is 32.1 Å². The van der Waals surface area contributed by atoms with Crippen LogP contribution in [-0.4, -0.2) is 61.7 Å². The lowest BCUT2D eigenvalue weighted by molar-refractivity contribution is -0.118. The maximum atomic E-state index is 12.7. The third kappa shape index (κ3) is 3.69. The largest absolute Gasteiger partial charge is 0.369 e. The molecule has 20 heavy (non-hydrogen) atoms. The van der Waals surface area contributed by atoms with Gasteiger partial charge in [0, 0.05) is 19.1 Å². The number of carbonyl (C=O) groups is 1. The highest BCUT2D eigenvalue weighted by Gasteiger charge is 2.36. The molecule has 0 atom stereocenters. The van der Waals surface area contributed by atoms with E-state index in [0.29, 0.717) is 13.1 Å². The van der Waals surface area contributed by atoms with Crippen LogP contribution in [0.4, 0.5) is 0 Å². The van der Waals surface area contributed by atoms with Gasteiger partial charge >= 0.3 is 0 Å². The van der Waals surface area contributed by atoms with Crippen LogP contribution in [0.2, 0.25) is 0 Å². The minimum Gasteiger partial charge on any atom is -0.369 e. The van der Waals surface area contributed by atoms with Gasteiger partial charge in [-0.05, 0) is 38.8 Å². The molecule has 0 radical (unpaired) electrons. The highest BCUT2D eigenvalue weighted by Crippen LogP contribution is 2.21. The van der Waals surface area contributed by atoms with E-state index in [1.54, 1.807) is 0 Å². The third-order valence-electron chi connectivity index (χ3n) is 3.97. The Morgan fingerprint density at radius 2 is 1.80 bits per heavy atom. The Balaban J connectivity index is 2.16. The van der Waals surface area contributed by atoms with E-state index in [9.17, 15) is 13.2 Å². The van der Waals surface area contributed by atoms with Gasteiger partial charge in [-0.1, -0.05) is 6.42 Å². The Morgan fingerprint density at radius 1 is 1.20 bits per heavy atom. The molecule has 2 fully saturated rings. The standard InChI is InChI=1S/C12H24N4O3S/c13-12(17)10-16(11-4-6-14-7-5-11)20(18,19)15-8-2-1-3-9-15/h11,14H,1-10H2,(H2,13,17). The molecular weight excluding hydrogens is 280 g/mol. The lowest BCUT2D eigenvalue weighted by Crippen LogP contribution is -2.54. The summed E-state index contributed by atoms with van der Waals surface area (Å²) in [5.74, 6) is -0.593. The number of nitrogens with zero attached hydrogens (tertiary/aromatic N) is 2. The van der Waals surface area contributed by atoms with Gasteiger partial charge in [0.2, 0.25) is 5.91 Å². The van der Waals surface area contributed by atoms with Gasteiger partial charge in [0.25, 0.3) is 10.2 Å². The number of nitrogens with one attached hydrogen (secondary N) is 1. The molecular formula is C12H24N4O3S. The minimum absolute atomic E-state index is 0.129. The maximum absolute atomic E-state index is 12.7. The van der Waals surface area contributed by atoms with E-state index in [2.05, 4.69) is 5.32 Å². The van der Waals surface area contributed by atoms with E-state index in [1.807, 2.05) is 0 Å². The first-order valence-electron chi connectivity index (χ1n) is 7.28. The molecule has 116 valence electrons. The number of hydrogen-bond donors (Lipinski definition) is 2. The van der Waals surface area contributed by atoms with Crippen molar-refractivity contribution in [3.8, 4) is 0 Å². The summed E-state index contributed by atoms with van der Waals surface area (Å²) in [5.41, 5.74) is 5.25. The molecule has 0 bridgehead atoms. The van der Waals surface area contributed by atoms with Crippen molar-refractivity contribution in [1.29, 1.82) is 0 Å². The van der Waals surface area contributed by atoms with Gasteiger partial charge in [0.15, 0.2) is 0 Å². The molecule has 2 aliphatic rings. The third-order valence-corrected chi connectivity index (χ3v) is 6.00. The normalized spacial score (nSPS) is 23.1. The number of nitrogens with two attached hydrogens (primary N) is 1. The molecule has 0 aliphatic carbocycles. The number of amides is 1. The SMILES string of the molecule is NC(=O)CN(C1CCNCC1)S(=O)(=O)N1CCCCC1. The van der Waals surface area contributed by atoms with Gasteiger partial charge in [-0.2, -0.15) is 17.0 Å². The van der Waals surface area contributed by atoms with E-state index in [0.717, 1.165) is 45.2 Å². The van der Waals surface area contributed by atoms with Crippen molar-refractivity contribution in [3.05, 3.63) is 0 Å². The predicted molar refractivity (Wildman–Crippen MR) is 76.1 cm³/mol. The Hall–Kier alpha value is -0.700. The molecule has 1 amide bonds. The van der Waals surface area contributed by atoms with Gasteiger partial charge in [0.1, 0.15) is 0 Å². The van der Waals surface area contributed by atoms with Crippen LogP contribution in [-0.2, 0) is 15.0 Å². The molecule has 7 nitrogen and oxygen atoms in total. The molecule has 0 spiro atoms. The van der Waals surface area contributed by atoms with Crippen molar-refractivity contribution >= 4 is 16.1 Å². The zero-order valence-electron chi connectivity index (χ0n) is 11.8. The van der Waals surface area contributed by atoms with Crippen LogP contribution in [0, 0.1) is 0 Å². The van der Waals surface area contributed by atoms with Gasteiger partial charge in [-0.3, -0.25) is 4.79 Å². The first-order valence-corrected chi connectivity index (χ1v) is 8.67. The van der Waals surface area contributed by atoms with Crippen LogP contribution >= 0.6 is 0 Å². The van der Waals surface area contributed by atoms with E-state index < -0.39 is 16.1 Å². The van der Waals surface area contributed by atoms with Crippen molar-refractivity contribution in [3.63, 3.8) is 0 Å². The predicted octanol–water partition coefficient (Wildman–Crippen LogP) is -0.744. The summed E-state index contributed by atoms with van der Waals surface area (Å²) in [7, 11) is -3.58. The van der Waals surface area contributed by atoms with Crippen LogP contribution in [0.15, 0.2) is 0 Å². The highest BCUT2D eigenvalue weighted by molar-refractivity contribution is 7.86. The van der Waals surface area contributed by atoms with Crippen molar-refractivity contribution < 1.29 is 13.2 Å². The fourth-order valence-electron chi connectivity index (χ4n) is 2.89. The smallest absolute Gasteiger partial charge is 0.282 e. The van der Waals surface area contributed by atoms with Gasteiger partial charge in [-0.25, -0.2) is 0 Å². The monoisotopic (exact) mass is 304 g/mol. The average Bonchev–Trinajstić information content (AvgIpc) is 2.46. The number of carbonyl (C=O) groups excluding carboxylic acids is 1. The second-order valence-electron chi connectivity index (χ2n) is 5.46. The van der Waals surface area contributed by atoms with Gasteiger partial charge < -0.3 is 11.1 Å². The van der Waals surface area contributed by atoms with E-state index in [4.69, 9.17) is 5.73 Å². The van der Waals surface area contributed by atoms with E-state index in [-0.39, 0.29) is 12.6 Å². The molecule has 2 aliphatic heterocycles. The molecule has 0 saturated carbocycles. The molecule has 2 saturated heterocycles. The molecule has 0 unspecified atom stereocenters. The fraction of sp³-hybridized carbons (Fsp3) is 0.917. The maximum Gasteiger partial charge on any atom is 0.282 e. The van der Waals surface area contributed by atoms with Crippen LogP contribution < -0.4 is 11.1 Å².